The lowest BCUT2D eigenvalue weighted by molar-refractivity contribution is -0.140. The van der Waals surface area contributed by atoms with E-state index < -0.39 is 23.5 Å². The molecule has 1 amide bonds. The van der Waals surface area contributed by atoms with E-state index in [0.717, 1.165) is 25.3 Å². The first-order chi connectivity index (χ1) is 18.0. The number of benzene rings is 2. The molecule has 2 aliphatic heterocycles. The minimum atomic E-state index is -0.903. The number of rotatable bonds is 7. The van der Waals surface area contributed by atoms with Crippen LogP contribution in [-0.2, 0) is 14.3 Å². The Balaban J connectivity index is 1.51. The number of ketones is 1. The highest BCUT2D eigenvalue weighted by Crippen LogP contribution is 2.40. The number of hydrogen-bond acceptors (Lipinski definition) is 6. The number of aliphatic hydroxyl groups excluding tert-OH is 1. The largest absolute Gasteiger partial charge is 0.507 e. The molecule has 0 bridgehead atoms. The van der Waals surface area contributed by atoms with Crippen LogP contribution in [0.4, 0.5) is 4.39 Å². The summed E-state index contributed by atoms with van der Waals surface area (Å²) < 4.78 is 21.3. The number of aromatic nitrogens is 2. The fourth-order valence-electron chi connectivity index (χ4n) is 5.04. The Bertz CT molecular complexity index is 1330. The van der Waals surface area contributed by atoms with Crippen molar-refractivity contribution in [2.24, 2.45) is 0 Å². The van der Waals surface area contributed by atoms with E-state index in [1.807, 2.05) is 30.3 Å². The van der Waals surface area contributed by atoms with Crippen molar-refractivity contribution in [3.63, 3.8) is 0 Å². The lowest BCUT2D eigenvalue weighted by atomic mass is 9.95. The molecule has 1 atom stereocenters. The van der Waals surface area contributed by atoms with Crippen molar-refractivity contribution in [1.29, 1.82) is 0 Å². The van der Waals surface area contributed by atoms with Gasteiger partial charge in [-0.3, -0.25) is 14.5 Å². The maximum atomic E-state index is 14.2. The molecule has 1 N–H and O–H groups in total. The van der Waals surface area contributed by atoms with Crippen molar-refractivity contribution >= 4 is 17.4 Å². The molecule has 9 heteroatoms. The van der Waals surface area contributed by atoms with Crippen LogP contribution in [0.3, 0.4) is 0 Å². The summed E-state index contributed by atoms with van der Waals surface area (Å²) >= 11 is 0. The molecule has 2 fully saturated rings. The Kier molecular flexibility index (Phi) is 7.16. The maximum Gasteiger partial charge on any atom is 0.295 e. The zero-order chi connectivity index (χ0) is 25.9. The summed E-state index contributed by atoms with van der Waals surface area (Å²) in [4.78, 5) is 30.2. The zero-order valence-electron chi connectivity index (χ0n) is 20.6. The van der Waals surface area contributed by atoms with Crippen LogP contribution in [0.5, 0.6) is 0 Å². The van der Waals surface area contributed by atoms with Gasteiger partial charge in [0, 0.05) is 26.2 Å². The summed E-state index contributed by atoms with van der Waals surface area (Å²) in [6.45, 7) is 5.79. The average molecular weight is 505 g/mol. The molecule has 3 aromatic rings. The van der Waals surface area contributed by atoms with Gasteiger partial charge in [-0.2, -0.15) is 5.10 Å². The number of ether oxygens (including phenoxy) is 1. The predicted molar refractivity (Wildman–Crippen MR) is 136 cm³/mol. The molecule has 1 aromatic heterocycles. The van der Waals surface area contributed by atoms with Crippen LogP contribution in [-0.4, -0.2) is 75.8 Å². The van der Waals surface area contributed by atoms with Gasteiger partial charge in [0.25, 0.3) is 11.7 Å². The van der Waals surface area contributed by atoms with Crippen molar-refractivity contribution in [3.05, 3.63) is 89.0 Å². The summed E-state index contributed by atoms with van der Waals surface area (Å²) in [6, 6.07) is 14.3. The first-order valence-electron chi connectivity index (χ1n) is 12.4. The topological polar surface area (TPSA) is 87.9 Å². The van der Waals surface area contributed by atoms with Crippen LogP contribution in [0.2, 0.25) is 0 Å². The van der Waals surface area contributed by atoms with E-state index in [0.29, 0.717) is 43.0 Å². The van der Waals surface area contributed by atoms with E-state index in [2.05, 4.69) is 10.00 Å². The van der Waals surface area contributed by atoms with Gasteiger partial charge in [0.15, 0.2) is 0 Å². The van der Waals surface area contributed by atoms with Crippen molar-refractivity contribution in [2.75, 3.05) is 39.4 Å². The first-order valence-corrected chi connectivity index (χ1v) is 12.4. The van der Waals surface area contributed by atoms with Gasteiger partial charge in [0.2, 0.25) is 0 Å². The van der Waals surface area contributed by atoms with Gasteiger partial charge in [0.05, 0.1) is 48.0 Å². The van der Waals surface area contributed by atoms with Gasteiger partial charge in [-0.15, -0.1) is 0 Å². The number of aliphatic hydroxyl groups is 1. The Hall–Kier alpha value is -3.82. The van der Waals surface area contributed by atoms with Gasteiger partial charge < -0.3 is 14.7 Å². The molecule has 192 valence electrons. The fourth-order valence-corrected chi connectivity index (χ4v) is 5.04. The Labute approximate surface area is 214 Å². The summed E-state index contributed by atoms with van der Waals surface area (Å²) in [5.74, 6) is -2.29. The number of para-hydroxylation sites is 1. The maximum absolute atomic E-state index is 14.2. The van der Waals surface area contributed by atoms with Gasteiger partial charge in [-0.25, -0.2) is 9.07 Å². The molecule has 3 heterocycles. The highest BCUT2D eigenvalue weighted by Gasteiger charge is 2.46. The molecule has 8 nitrogen and oxygen atoms in total. The molecule has 37 heavy (non-hydrogen) atoms. The van der Waals surface area contributed by atoms with Crippen LogP contribution in [0.1, 0.15) is 29.3 Å². The lowest BCUT2D eigenvalue weighted by Gasteiger charge is -2.29. The van der Waals surface area contributed by atoms with E-state index >= 15 is 0 Å². The lowest BCUT2D eigenvalue weighted by Crippen LogP contribution is -2.39. The van der Waals surface area contributed by atoms with E-state index in [9.17, 15) is 19.1 Å². The third kappa shape index (κ3) is 4.92. The van der Waals surface area contributed by atoms with Crippen LogP contribution < -0.4 is 0 Å². The standard InChI is InChI=1S/C28H29FN4O4/c1-19-23(18-30-33(19)22-9-3-2-4-10-22)26(34)24-25(20-7-5-8-21(29)17-20)32(28(36)27(24)35)12-6-11-31-13-15-37-16-14-31/h2-5,7-10,17-18,25,34H,6,11-16H2,1H3/t25-/m1/s1. The molecule has 2 saturated heterocycles. The molecule has 2 aromatic carbocycles. The number of amides is 1. The zero-order valence-corrected chi connectivity index (χ0v) is 20.6. The van der Waals surface area contributed by atoms with E-state index in [4.69, 9.17) is 4.74 Å². The van der Waals surface area contributed by atoms with Crippen molar-refractivity contribution in [1.82, 2.24) is 19.6 Å². The van der Waals surface area contributed by atoms with Crippen molar-refractivity contribution < 1.29 is 23.8 Å². The van der Waals surface area contributed by atoms with Crippen molar-refractivity contribution in [2.45, 2.75) is 19.4 Å². The number of halogens is 1. The number of carbonyl (C=O) groups excluding carboxylic acids is 2. The van der Waals surface area contributed by atoms with Gasteiger partial charge in [0.1, 0.15) is 11.6 Å². The summed E-state index contributed by atoms with van der Waals surface area (Å²) in [7, 11) is 0. The second-order valence-electron chi connectivity index (χ2n) is 9.25. The minimum absolute atomic E-state index is 0.0577. The van der Waals surface area contributed by atoms with Gasteiger partial charge >= 0.3 is 0 Å². The Morgan fingerprint density at radius 3 is 2.57 bits per heavy atom. The molecular formula is C28H29FN4O4. The number of Topliss-reactive ketones (excluding diaryl/α,β-unsaturated/α-hetero) is 1. The fraction of sp³-hybridized carbons (Fsp3) is 0.321. The van der Waals surface area contributed by atoms with Crippen molar-refractivity contribution in [3.8, 4) is 5.69 Å². The van der Waals surface area contributed by atoms with E-state index in [1.54, 1.807) is 17.7 Å². The Morgan fingerprint density at radius 1 is 1.08 bits per heavy atom. The molecule has 0 spiro atoms. The normalized spacial score (nSPS) is 20.1. The smallest absolute Gasteiger partial charge is 0.295 e. The van der Waals surface area contributed by atoms with Crippen LogP contribution in [0.15, 0.2) is 66.4 Å². The molecule has 2 aliphatic rings. The minimum Gasteiger partial charge on any atom is -0.507 e. The molecule has 0 saturated carbocycles. The Morgan fingerprint density at radius 2 is 1.84 bits per heavy atom. The van der Waals surface area contributed by atoms with E-state index in [1.165, 1.54) is 29.3 Å². The molecule has 5 rings (SSSR count). The number of likely N-dealkylation sites (tertiary alicyclic amines) is 1. The average Bonchev–Trinajstić information content (AvgIpc) is 3.42. The highest BCUT2D eigenvalue weighted by atomic mass is 19.1. The number of hydrogen-bond donors (Lipinski definition) is 1. The summed E-state index contributed by atoms with van der Waals surface area (Å²) in [5.41, 5.74) is 2.12. The highest BCUT2D eigenvalue weighted by molar-refractivity contribution is 6.46. The van der Waals surface area contributed by atoms with E-state index in [-0.39, 0.29) is 11.3 Å². The quantitative estimate of drug-likeness (QED) is 0.301. The van der Waals surface area contributed by atoms with Crippen LogP contribution in [0.25, 0.3) is 11.4 Å². The summed E-state index contributed by atoms with van der Waals surface area (Å²) in [5, 5.41) is 15.8. The predicted octanol–water partition coefficient (Wildman–Crippen LogP) is 3.46. The molecule has 0 radical (unpaired) electrons. The molecule has 0 unspecified atom stereocenters. The number of carbonyl (C=O) groups is 2. The number of nitrogens with zero attached hydrogens (tertiary/aromatic N) is 4. The third-order valence-corrected chi connectivity index (χ3v) is 6.95. The molecular weight excluding hydrogens is 475 g/mol. The second kappa shape index (κ2) is 10.7. The summed E-state index contributed by atoms with van der Waals surface area (Å²) in [6.07, 6.45) is 2.11. The van der Waals surface area contributed by atoms with Crippen LogP contribution in [0, 0.1) is 12.7 Å². The first kappa shape index (κ1) is 24.9. The molecule has 0 aliphatic carbocycles. The SMILES string of the molecule is Cc1c(C(O)=C2C(=O)C(=O)N(CCCN3CCOCC3)[C@@H]2c2cccc(F)c2)cnn1-c1ccccc1. The third-order valence-electron chi connectivity index (χ3n) is 6.95. The van der Waals surface area contributed by atoms with Gasteiger partial charge in [-0.1, -0.05) is 30.3 Å². The monoisotopic (exact) mass is 504 g/mol. The number of morpholine rings is 1. The van der Waals surface area contributed by atoms with Gasteiger partial charge in [-0.05, 0) is 43.2 Å². The van der Waals surface area contributed by atoms with Crippen LogP contribution >= 0.6 is 0 Å². The second-order valence-corrected chi connectivity index (χ2v) is 9.25.